The highest BCUT2D eigenvalue weighted by molar-refractivity contribution is 8.02. The fraction of sp³-hybridized carbons (Fsp3) is 0.667. The van der Waals surface area contributed by atoms with Gasteiger partial charge in [-0.3, -0.25) is 0 Å². The van der Waals surface area contributed by atoms with Gasteiger partial charge in [-0.25, -0.2) is 0 Å². The predicted octanol–water partition coefficient (Wildman–Crippen LogP) is 3.00. The number of thioether (sulfide) groups is 2. The first-order valence-electron chi connectivity index (χ1n) is 4.07. The standard InChI is InChI=1S/C9H16OS3/c1-8(2)9(11)10-4-5-13-7-6-12-3/h1,4-7H2,2-3H3. The van der Waals surface area contributed by atoms with Crippen LogP contribution in [0.4, 0.5) is 0 Å². The van der Waals surface area contributed by atoms with Crippen LogP contribution in [0.3, 0.4) is 0 Å². The quantitative estimate of drug-likeness (QED) is 0.381. The van der Waals surface area contributed by atoms with Crippen molar-refractivity contribution < 1.29 is 4.74 Å². The Morgan fingerprint density at radius 2 is 2.08 bits per heavy atom. The largest absolute Gasteiger partial charge is 0.482 e. The fourth-order valence-corrected chi connectivity index (χ4v) is 2.19. The van der Waals surface area contributed by atoms with E-state index in [4.69, 9.17) is 17.0 Å². The molecule has 0 bridgehead atoms. The number of ether oxygens (including phenoxy) is 1. The van der Waals surface area contributed by atoms with Crippen LogP contribution in [0.2, 0.25) is 0 Å². The topological polar surface area (TPSA) is 9.23 Å². The SMILES string of the molecule is C=C(C)C(=S)OCCSCCSC. The number of rotatable bonds is 7. The lowest BCUT2D eigenvalue weighted by molar-refractivity contribution is 0.341. The van der Waals surface area contributed by atoms with Crippen LogP contribution < -0.4 is 0 Å². The van der Waals surface area contributed by atoms with E-state index in [1.807, 2.05) is 30.4 Å². The van der Waals surface area contributed by atoms with Crippen molar-refractivity contribution in [3.8, 4) is 0 Å². The maximum atomic E-state index is 5.29. The predicted molar refractivity (Wildman–Crippen MR) is 69.1 cm³/mol. The summed E-state index contributed by atoms with van der Waals surface area (Å²) in [7, 11) is 0. The Balaban J connectivity index is 3.16. The van der Waals surface area contributed by atoms with Gasteiger partial charge in [-0.05, 0) is 31.0 Å². The molecule has 0 rings (SSSR count). The van der Waals surface area contributed by atoms with Crippen molar-refractivity contribution in [1.29, 1.82) is 0 Å². The van der Waals surface area contributed by atoms with Crippen molar-refractivity contribution in [1.82, 2.24) is 0 Å². The Hall–Kier alpha value is 0.330. The number of thiocarbonyl (C=S) groups is 1. The molecule has 0 aromatic heterocycles. The summed E-state index contributed by atoms with van der Waals surface area (Å²) in [6.07, 6.45) is 2.12. The van der Waals surface area contributed by atoms with Gasteiger partial charge in [0.15, 0.2) is 5.05 Å². The average Bonchev–Trinajstić information content (AvgIpc) is 2.10. The van der Waals surface area contributed by atoms with Gasteiger partial charge in [0.1, 0.15) is 0 Å². The lowest BCUT2D eigenvalue weighted by Crippen LogP contribution is -2.05. The number of hydrogen-bond acceptors (Lipinski definition) is 4. The highest BCUT2D eigenvalue weighted by Crippen LogP contribution is 2.04. The van der Waals surface area contributed by atoms with E-state index in [9.17, 15) is 0 Å². The van der Waals surface area contributed by atoms with Crippen LogP contribution in [0, 0.1) is 0 Å². The summed E-state index contributed by atoms with van der Waals surface area (Å²) in [5.41, 5.74) is 0.837. The maximum absolute atomic E-state index is 5.29. The Morgan fingerprint density at radius 3 is 2.62 bits per heavy atom. The molecule has 0 N–H and O–H groups in total. The summed E-state index contributed by atoms with van der Waals surface area (Å²) in [6.45, 7) is 6.27. The van der Waals surface area contributed by atoms with E-state index in [0.29, 0.717) is 11.7 Å². The maximum Gasteiger partial charge on any atom is 0.186 e. The summed E-state index contributed by atoms with van der Waals surface area (Å²) in [5, 5.41) is 0.547. The van der Waals surface area contributed by atoms with E-state index in [0.717, 1.165) is 11.3 Å². The molecule has 0 spiro atoms. The van der Waals surface area contributed by atoms with E-state index in [1.165, 1.54) is 11.5 Å². The van der Waals surface area contributed by atoms with Crippen molar-refractivity contribution in [2.45, 2.75) is 6.92 Å². The van der Waals surface area contributed by atoms with E-state index < -0.39 is 0 Å². The van der Waals surface area contributed by atoms with Gasteiger partial charge in [0.25, 0.3) is 0 Å². The summed E-state index contributed by atoms with van der Waals surface area (Å²) < 4.78 is 5.29. The van der Waals surface area contributed by atoms with Crippen LogP contribution in [0.15, 0.2) is 12.2 Å². The molecule has 0 fully saturated rings. The Morgan fingerprint density at radius 1 is 1.38 bits per heavy atom. The zero-order valence-electron chi connectivity index (χ0n) is 8.17. The minimum atomic E-state index is 0.547. The van der Waals surface area contributed by atoms with Gasteiger partial charge in [-0.2, -0.15) is 23.5 Å². The molecule has 4 heteroatoms. The molecule has 0 saturated carbocycles. The molecule has 13 heavy (non-hydrogen) atoms. The molecule has 0 amide bonds. The third-order valence-corrected chi connectivity index (χ3v) is 3.53. The second-order valence-corrected chi connectivity index (χ2v) is 5.10. The van der Waals surface area contributed by atoms with Crippen molar-refractivity contribution in [3.05, 3.63) is 12.2 Å². The highest BCUT2D eigenvalue weighted by Gasteiger charge is 1.96. The van der Waals surface area contributed by atoms with E-state index >= 15 is 0 Å². The molecular formula is C9H16OS3. The summed E-state index contributed by atoms with van der Waals surface area (Å²) >= 11 is 8.71. The fourth-order valence-electron chi connectivity index (χ4n) is 0.561. The van der Waals surface area contributed by atoms with E-state index in [2.05, 4.69) is 12.8 Å². The molecule has 0 radical (unpaired) electrons. The first kappa shape index (κ1) is 13.3. The third-order valence-electron chi connectivity index (χ3n) is 1.24. The van der Waals surface area contributed by atoms with Crippen molar-refractivity contribution in [2.24, 2.45) is 0 Å². The molecule has 1 nitrogen and oxygen atoms in total. The van der Waals surface area contributed by atoms with E-state index in [-0.39, 0.29) is 0 Å². The summed E-state index contributed by atoms with van der Waals surface area (Å²) in [6, 6.07) is 0. The minimum Gasteiger partial charge on any atom is -0.482 e. The molecule has 0 aromatic carbocycles. The lowest BCUT2D eigenvalue weighted by Gasteiger charge is -2.05. The smallest absolute Gasteiger partial charge is 0.186 e. The molecular weight excluding hydrogens is 220 g/mol. The second-order valence-electron chi connectivity index (χ2n) is 2.52. The first-order chi connectivity index (χ1) is 6.18. The van der Waals surface area contributed by atoms with Crippen molar-refractivity contribution in [3.63, 3.8) is 0 Å². The zero-order chi connectivity index (χ0) is 10.1. The molecule has 0 saturated heterocycles. The molecule has 0 unspecified atom stereocenters. The van der Waals surface area contributed by atoms with Crippen LogP contribution in [-0.4, -0.2) is 35.2 Å². The molecule has 0 aliphatic carbocycles. The molecule has 0 heterocycles. The first-order valence-corrected chi connectivity index (χ1v) is 7.03. The van der Waals surface area contributed by atoms with Gasteiger partial charge in [0.2, 0.25) is 0 Å². The molecule has 0 atom stereocenters. The van der Waals surface area contributed by atoms with Gasteiger partial charge in [-0.15, -0.1) is 0 Å². The third kappa shape index (κ3) is 8.65. The molecule has 76 valence electrons. The summed E-state index contributed by atoms with van der Waals surface area (Å²) in [5.74, 6) is 3.40. The van der Waals surface area contributed by atoms with Crippen LogP contribution in [0.1, 0.15) is 6.92 Å². The lowest BCUT2D eigenvalue weighted by atomic mass is 10.4. The van der Waals surface area contributed by atoms with Gasteiger partial charge in [0.05, 0.1) is 6.61 Å². The van der Waals surface area contributed by atoms with Crippen LogP contribution >= 0.6 is 35.7 Å². The zero-order valence-corrected chi connectivity index (χ0v) is 10.6. The van der Waals surface area contributed by atoms with Crippen molar-refractivity contribution in [2.75, 3.05) is 30.1 Å². The normalized spacial score (nSPS) is 9.69. The molecule has 0 aliphatic heterocycles. The number of hydrogen-bond donors (Lipinski definition) is 0. The Kier molecular flexibility index (Phi) is 9.13. The van der Waals surface area contributed by atoms with Gasteiger partial charge >= 0.3 is 0 Å². The average molecular weight is 236 g/mol. The second kappa shape index (κ2) is 8.91. The molecule has 0 aromatic rings. The van der Waals surface area contributed by atoms with Crippen LogP contribution in [0.5, 0.6) is 0 Å². The van der Waals surface area contributed by atoms with Gasteiger partial charge in [-0.1, -0.05) is 6.58 Å². The van der Waals surface area contributed by atoms with Crippen LogP contribution in [0.25, 0.3) is 0 Å². The Labute approximate surface area is 94.7 Å². The summed E-state index contributed by atoms with van der Waals surface area (Å²) in [4.78, 5) is 0. The van der Waals surface area contributed by atoms with Crippen molar-refractivity contribution >= 4 is 40.8 Å². The van der Waals surface area contributed by atoms with Crippen LogP contribution in [-0.2, 0) is 4.74 Å². The van der Waals surface area contributed by atoms with E-state index in [1.54, 1.807) is 0 Å². The Bertz CT molecular complexity index is 168. The van der Waals surface area contributed by atoms with Gasteiger partial charge in [0, 0.05) is 17.3 Å². The highest BCUT2D eigenvalue weighted by atomic mass is 32.2. The minimum absolute atomic E-state index is 0.547. The monoisotopic (exact) mass is 236 g/mol. The molecule has 0 aliphatic rings. The van der Waals surface area contributed by atoms with Gasteiger partial charge < -0.3 is 4.74 Å².